The largest absolute Gasteiger partial charge is 0.490 e. The lowest BCUT2D eigenvalue weighted by atomic mass is 10.1. The zero-order chi connectivity index (χ0) is 51.3. The number of rotatable bonds is 40. The topological polar surface area (TPSA) is 125 Å². The van der Waals surface area contributed by atoms with Gasteiger partial charge in [0.05, 0.1) is 39.0 Å². The van der Waals surface area contributed by atoms with Crippen molar-refractivity contribution in [3.05, 3.63) is 77.4 Å². The molecule has 0 aromatic heterocycles. The van der Waals surface area contributed by atoms with Crippen molar-refractivity contribution in [2.45, 2.75) is 190 Å². The van der Waals surface area contributed by atoms with Gasteiger partial charge in [0, 0.05) is 28.8 Å². The van der Waals surface area contributed by atoms with Crippen molar-refractivity contribution >= 4 is 30.1 Å². The summed E-state index contributed by atoms with van der Waals surface area (Å²) in [6.45, 7) is 17.3. The van der Waals surface area contributed by atoms with E-state index in [1.54, 1.807) is 36.4 Å². The van der Waals surface area contributed by atoms with Crippen LogP contribution in [-0.4, -0.2) is 50.9 Å². The van der Waals surface area contributed by atoms with Gasteiger partial charge >= 0.3 is 17.9 Å². The van der Waals surface area contributed by atoms with E-state index in [1.807, 2.05) is 38.1 Å². The van der Waals surface area contributed by atoms with E-state index < -0.39 is 11.9 Å². The Balaban J connectivity index is 1.79. The van der Waals surface area contributed by atoms with E-state index in [1.165, 1.54) is 12.2 Å². The number of carbonyl (C=O) groups excluding carboxylic acids is 3. The highest BCUT2D eigenvalue weighted by Crippen LogP contribution is 2.42. The van der Waals surface area contributed by atoms with Crippen LogP contribution in [-0.2, 0) is 25.7 Å². The molecule has 0 radical (unpaired) electrons. The minimum absolute atomic E-state index is 0.0427. The Bertz CT molecular complexity index is 2000. The summed E-state index contributed by atoms with van der Waals surface area (Å²) in [6.07, 6.45) is 27.8. The molecule has 0 spiro atoms. The highest BCUT2D eigenvalue weighted by atomic mass is 16.6. The molecule has 0 fully saturated rings. The predicted octanol–water partition coefficient (Wildman–Crippen LogP) is 15.8. The second-order valence-electron chi connectivity index (χ2n) is 18.2. The van der Waals surface area contributed by atoms with Crippen LogP contribution in [0.1, 0.15) is 200 Å². The van der Waals surface area contributed by atoms with E-state index >= 15 is 0 Å². The zero-order valence-corrected chi connectivity index (χ0v) is 44.6. The molecule has 0 heterocycles. The SMILES string of the molecule is CCCCCCOc1ccc(/C=C/C(=O)Oc2ccc(OC(=O)/C=C/c3ccc(COC(=O)C(C)CC)c(OCCCCCC)c3OCCCCCC)cc2)c(OCCCCCC)c1OCCCCCC. The van der Waals surface area contributed by atoms with Crippen LogP contribution in [0.25, 0.3) is 12.2 Å². The van der Waals surface area contributed by atoms with Crippen LogP contribution in [0.2, 0.25) is 0 Å². The van der Waals surface area contributed by atoms with Crippen LogP contribution in [0.3, 0.4) is 0 Å². The number of hydrogen-bond donors (Lipinski definition) is 0. The van der Waals surface area contributed by atoms with E-state index in [0.29, 0.717) is 84.9 Å². The molecule has 0 N–H and O–H groups in total. The first-order chi connectivity index (χ1) is 34.7. The molecule has 0 saturated carbocycles. The van der Waals surface area contributed by atoms with Crippen molar-refractivity contribution in [2.75, 3.05) is 33.0 Å². The molecule has 3 aromatic carbocycles. The second-order valence-corrected chi connectivity index (χ2v) is 18.2. The highest BCUT2D eigenvalue weighted by molar-refractivity contribution is 5.90. The summed E-state index contributed by atoms with van der Waals surface area (Å²) in [5.41, 5.74) is 2.01. The Morgan fingerprint density at radius 2 is 0.817 bits per heavy atom. The zero-order valence-electron chi connectivity index (χ0n) is 44.6. The second kappa shape index (κ2) is 37.3. The quantitative estimate of drug-likeness (QED) is 0.0234. The van der Waals surface area contributed by atoms with Crippen LogP contribution in [0.15, 0.2) is 60.7 Å². The van der Waals surface area contributed by atoms with Gasteiger partial charge in [-0.25, -0.2) is 9.59 Å². The Labute approximate surface area is 427 Å². The van der Waals surface area contributed by atoms with E-state index in [2.05, 4.69) is 34.6 Å². The molecule has 394 valence electrons. The summed E-state index contributed by atoms with van der Waals surface area (Å²) in [5, 5.41) is 0. The molecule has 3 rings (SSSR count). The predicted molar refractivity (Wildman–Crippen MR) is 286 cm³/mol. The summed E-state index contributed by atoms with van der Waals surface area (Å²) in [7, 11) is 0. The summed E-state index contributed by atoms with van der Waals surface area (Å²) < 4.78 is 48.9. The summed E-state index contributed by atoms with van der Waals surface area (Å²) >= 11 is 0. The highest BCUT2D eigenvalue weighted by Gasteiger charge is 2.21. The maximum absolute atomic E-state index is 13.2. The van der Waals surface area contributed by atoms with E-state index in [9.17, 15) is 14.4 Å². The molecule has 0 amide bonds. The summed E-state index contributed by atoms with van der Waals surface area (Å²) in [4.78, 5) is 39.1. The standard InChI is InChI=1S/C60H88O11/c1-8-14-19-24-41-64-53-38-31-49(57(66-43-26-21-16-10-3)59(53)68-45-28-23-18-12-5)33-40-55(62)71-52-36-34-51(35-37-52)70-54(61)39-32-48-29-30-50(46-69-60(63)47(7)13-6)58(67-44-27-22-17-11-4)56(48)65-42-25-20-15-9-2/h29-40,47H,8-28,41-46H2,1-7H3/b39-32+,40-33+. The fourth-order valence-corrected chi connectivity index (χ4v) is 7.43. The van der Waals surface area contributed by atoms with Crippen molar-refractivity contribution in [3.8, 4) is 40.2 Å². The van der Waals surface area contributed by atoms with Crippen molar-refractivity contribution in [2.24, 2.45) is 5.92 Å². The maximum atomic E-state index is 13.2. The van der Waals surface area contributed by atoms with Gasteiger partial charge in [0.25, 0.3) is 0 Å². The van der Waals surface area contributed by atoms with Gasteiger partial charge in [-0.3, -0.25) is 4.79 Å². The third-order valence-electron chi connectivity index (χ3n) is 12.0. The van der Waals surface area contributed by atoms with E-state index in [-0.39, 0.29) is 30.0 Å². The van der Waals surface area contributed by atoms with Crippen molar-refractivity contribution in [3.63, 3.8) is 0 Å². The molecule has 11 nitrogen and oxygen atoms in total. The van der Waals surface area contributed by atoms with E-state index in [4.69, 9.17) is 37.9 Å². The summed E-state index contributed by atoms with van der Waals surface area (Å²) in [5.74, 6) is 1.64. The van der Waals surface area contributed by atoms with Crippen LogP contribution >= 0.6 is 0 Å². The number of benzene rings is 3. The van der Waals surface area contributed by atoms with Gasteiger partial charge in [0.1, 0.15) is 18.1 Å². The minimum Gasteiger partial charge on any atom is -0.490 e. The van der Waals surface area contributed by atoms with Crippen LogP contribution in [0.4, 0.5) is 0 Å². The average molecular weight is 985 g/mol. The number of hydrogen-bond acceptors (Lipinski definition) is 11. The van der Waals surface area contributed by atoms with Gasteiger partial charge in [-0.05, 0) is 87.1 Å². The Morgan fingerprint density at radius 1 is 0.437 bits per heavy atom. The molecule has 3 aromatic rings. The fourth-order valence-electron chi connectivity index (χ4n) is 7.43. The molecule has 1 atom stereocenters. The number of carbonyl (C=O) groups is 3. The molecule has 11 heteroatoms. The average Bonchev–Trinajstić information content (AvgIpc) is 3.37. The van der Waals surface area contributed by atoms with Crippen molar-refractivity contribution < 1.29 is 52.3 Å². The van der Waals surface area contributed by atoms with Crippen LogP contribution in [0.5, 0.6) is 40.2 Å². The Hall–Kier alpha value is -5.45. The lowest BCUT2D eigenvalue weighted by Crippen LogP contribution is -2.14. The number of esters is 3. The monoisotopic (exact) mass is 985 g/mol. The van der Waals surface area contributed by atoms with Crippen LogP contribution in [0, 0.1) is 5.92 Å². The van der Waals surface area contributed by atoms with Gasteiger partial charge in [-0.2, -0.15) is 0 Å². The Kier molecular flexibility index (Phi) is 31.5. The van der Waals surface area contributed by atoms with Gasteiger partial charge in [0.15, 0.2) is 23.0 Å². The van der Waals surface area contributed by atoms with Gasteiger partial charge < -0.3 is 37.9 Å². The molecule has 0 saturated heterocycles. The number of unbranched alkanes of at least 4 members (excludes halogenated alkanes) is 15. The third kappa shape index (κ3) is 24.0. The normalized spacial score (nSPS) is 11.7. The van der Waals surface area contributed by atoms with Crippen molar-refractivity contribution in [1.82, 2.24) is 0 Å². The molecule has 0 bridgehead atoms. The third-order valence-corrected chi connectivity index (χ3v) is 12.0. The van der Waals surface area contributed by atoms with Gasteiger partial charge in [0.2, 0.25) is 5.75 Å². The van der Waals surface area contributed by atoms with Gasteiger partial charge in [-0.1, -0.05) is 157 Å². The Morgan fingerprint density at radius 3 is 1.24 bits per heavy atom. The first-order valence-electron chi connectivity index (χ1n) is 27.2. The first kappa shape index (κ1) is 59.9. The first-order valence-corrected chi connectivity index (χ1v) is 27.2. The van der Waals surface area contributed by atoms with Crippen LogP contribution < -0.4 is 33.2 Å². The van der Waals surface area contributed by atoms with Crippen molar-refractivity contribution in [1.29, 1.82) is 0 Å². The lowest BCUT2D eigenvalue weighted by Gasteiger charge is -2.19. The molecule has 1 unspecified atom stereocenters. The fraction of sp³-hybridized carbons (Fsp3) is 0.583. The lowest BCUT2D eigenvalue weighted by molar-refractivity contribution is -0.149. The molecule has 71 heavy (non-hydrogen) atoms. The molecule has 0 aliphatic rings. The molecular formula is C60H88O11. The summed E-state index contributed by atoms with van der Waals surface area (Å²) in [6, 6.07) is 13.7. The molecular weight excluding hydrogens is 897 g/mol. The van der Waals surface area contributed by atoms with Gasteiger partial charge in [-0.15, -0.1) is 0 Å². The molecule has 0 aliphatic carbocycles. The molecule has 0 aliphatic heterocycles. The van der Waals surface area contributed by atoms with E-state index in [0.717, 1.165) is 128 Å². The number of ether oxygens (including phenoxy) is 8. The maximum Gasteiger partial charge on any atom is 0.336 e. The smallest absolute Gasteiger partial charge is 0.336 e. The minimum atomic E-state index is -0.610.